The van der Waals surface area contributed by atoms with Gasteiger partial charge in [0.05, 0.1) is 5.92 Å². The van der Waals surface area contributed by atoms with Gasteiger partial charge >= 0.3 is 0 Å². The molecular formula is C19H17N3O2. The number of hydrogen-bond acceptors (Lipinski definition) is 4. The van der Waals surface area contributed by atoms with Gasteiger partial charge in [0.2, 0.25) is 11.7 Å². The number of likely N-dealkylation sites (N-methyl/N-ethyl adjacent to an activating group) is 1. The molecule has 1 amide bonds. The van der Waals surface area contributed by atoms with E-state index in [1.165, 1.54) is 0 Å². The van der Waals surface area contributed by atoms with Gasteiger partial charge in [-0.3, -0.25) is 4.79 Å². The molecule has 1 aromatic heterocycles. The molecule has 1 aliphatic rings. The smallest absolute Gasteiger partial charge is 0.253 e. The van der Waals surface area contributed by atoms with Crippen molar-refractivity contribution in [3.63, 3.8) is 0 Å². The van der Waals surface area contributed by atoms with Crippen molar-refractivity contribution in [1.82, 2.24) is 15.0 Å². The van der Waals surface area contributed by atoms with Gasteiger partial charge in [0.25, 0.3) is 5.91 Å². The summed E-state index contributed by atoms with van der Waals surface area (Å²) in [6.07, 6.45) is 0. The summed E-state index contributed by atoms with van der Waals surface area (Å²) in [6.45, 7) is 2.56. The first-order valence-corrected chi connectivity index (χ1v) is 7.88. The molecule has 4 rings (SSSR count). The Bertz CT molecular complexity index is 916. The summed E-state index contributed by atoms with van der Waals surface area (Å²) in [5, 5.41) is 4.13. The molecule has 0 radical (unpaired) electrons. The minimum Gasteiger partial charge on any atom is -0.341 e. The Hall–Kier alpha value is -2.95. The fraction of sp³-hybridized carbons (Fsp3) is 0.211. The van der Waals surface area contributed by atoms with Gasteiger partial charge in [-0.15, -0.1) is 0 Å². The molecular weight excluding hydrogens is 302 g/mol. The molecule has 5 nitrogen and oxygen atoms in total. The van der Waals surface area contributed by atoms with Gasteiger partial charge in [0.1, 0.15) is 0 Å². The summed E-state index contributed by atoms with van der Waals surface area (Å²) in [5.74, 6) is 1.04. The van der Waals surface area contributed by atoms with E-state index in [0.29, 0.717) is 23.8 Å². The second kappa shape index (κ2) is 5.60. The molecule has 0 bridgehead atoms. The van der Waals surface area contributed by atoms with Crippen molar-refractivity contribution in [2.24, 2.45) is 0 Å². The average molecular weight is 319 g/mol. The number of carbonyl (C=O) groups is 1. The third kappa shape index (κ3) is 2.38. The maximum absolute atomic E-state index is 12.3. The molecule has 2 aromatic carbocycles. The van der Waals surface area contributed by atoms with Crippen LogP contribution in [-0.4, -0.2) is 34.5 Å². The van der Waals surface area contributed by atoms with Gasteiger partial charge < -0.3 is 9.42 Å². The molecule has 0 saturated carbocycles. The van der Waals surface area contributed by atoms with Crippen LogP contribution < -0.4 is 0 Å². The van der Waals surface area contributed by atoms with E-state index < -0.39 is 0 Å². The summed E-state index contributed by atoms with van der Waals surface area (Å²) in [5.41, 5.74) is 3.72. The summed E-state index contributed by atoms with van der Waals surface area (Å²) >= 11 is 0. The van der Waals surface area contributed by atoms with E-state index in [0.717, 1.165) is 16.7 Å². The number of carbonyl (C=O) groups excluding carboxylic acids is 1. The molecule has 1 aliphatic heterocycles. The highest BCUT2D eigenvalue weighted by Crippen LogP contribution is 2.32. The van der Waals surface area contributed by atoms with Crippen molar-refractivity contribution in [3.8, 4) is 11.4 Å². The van der Waals surface area contributed by atoms with Crippen molar-refractivity contribution in [3.05, 3.63) is 71.1 Å². The molecule has 24 heavy (non-hydrogen) atoms. The van der Waals surface area contributed by atoms with Gasteiger partial charge in [0, 0.05) is 24.7 Å². The van der Waals surface area contributed by atoms with Crippen molar-refractivity contribution in [2.75, 3.05) is 13.6 Å². The number of hydrogen-bond donors (Lipinski definition) is 0. The lowest BCUT2D eigenvalue weighted by Gasteiger charge is -2.29. The molecule has 0 N–H and O–H groups in total. The summed E-state index contributed by atoms with van der Waals surface area (Å²) in [7, 11) is 1.79. The largest absolute Gasteiger partial charge is 0.341 e. The van der Waals surface area contributed by atoms with Gasteiger partial charge in [-0.2, -0.15) is 4.98 Å². The second-order valence-corrected chi connectivity index (χ2v) is 6.15. The summed E-state index contributed by atoms with van der Waals surface area (Å²) < 4.78 is 5.54. The monoisotopic (exact) mass is 319 g/mol. The molecule has 120 valence electrons. The number of rotatable bonds is 2. The molecule has 0 fully saturated rings. The zero-order valence-electron chi connectivity index (χ0n) is 13.6. The zero-order valence-corrected chi connectivity index (χ0v) is 13.6. The van der Waals surface area contributed by atoms with Crippen LogP contribution in [0.5, 0.6) is 0 Å². The Morgan fingerprint density at radius 2 is 2.00 bits per heavy atom. The van der Waals surface area contributed by atoms with E-state index in [4.69, 9.17) is 4.52 Å². The lowest BCUT2D eigenvalue weighted by molar-refractivity contribution is 0.0766. The maximum atomic E-state index is 12.3. The lowest BCUT2D eigenvalue weighted by atomic mass is 9.89. The molecule has 0 aliphatic carbocycles. The normalized spacial score (nSPS) is 17.0. The molecule has 1 atom stereocenters. The van der Waals surface area contributed by atoms with Crippen molar-refractivity contribution in [1.29, 1.82) is 0 Å². The molecule has 0 saturated heterocycles. The van der Waals surface area contributed by atoms with Gasteiger partial charge in [0.15, 0.2) is 0 Å². The third-order valence-corrected chi connectivity index (χ3v) is 4.39. The van der Waals surface area contributed by atoms with Crippen molar-refractivity contribution >= 4 is 5.91 Å². The lowest BCUT2D eigenvalue weighted by Crippen LogP contribution is -2.37. The first-order valence-electron chi connectivity index (χ1n) is 7.88. The van der Waals surface area contributed by atoms with E-state index in [2.05, 4.69) is 10.1 Å². The molecule has 0 spiro atoms. The summed E-state index contributed by atoms with van der Waals surface area (Å²) in [4.78, 5) is 18.6. The fourth-order valence-electron chi connectivity index (χ4n) is 3.15. The van der Waals surface area contributed by atoms with Crippen LogP contribution in [0.3, 0.4) is 0 Å². The van der Waals surface area contributed by atoms with Crippen molar-refractivity contribution in [2.45, 2.75) is 12.8 Å². The van der Waals surface area contributed by atoms with Gasteiger partial charge in [-0.05, 0) is 24.6 Å². The Kier molecular flexibility index (Phi) is 3.41. The van der Waals surface area contributed by atoms with Crippen LogP contribution in [-0.2, 0) is 0 Å². The quantitative estimate of drug-likeness (QED) is 0.727. The van der Waals surface area contributed by atoms with Gasteiger partial charge in [-0.1, -0.05) is 47.1 Å². The van der Waals surface area contributed by atoms with E-state index in [1.807, 2.05) is 55.5 Å². The van der Waals surface area contributed by atoms with Gasteiger partial charge in [-0.25, -0.2) is 0 Å². The molecule has 2 heterocycles. The minimum absolute atomic E-state index is 0.0280. The zero-order chi connectivity index (χ0) is 16.7. The number of fused-ring (bicyclic) bond motifs is 1. The number of amides is 1. The number of benzene rings is 2. The van der Waals surface area contributed by atoms with E-state index in [1.54, 1.807) is 11.9 Å². The Morgan fingerprint density at radius 3 is 2.83 bits per heavy atom. The molecule has 3 aromatic rings. The van der Waals surface area contributed by atoms with Crippen LogP contribution in [0.25, 0.3) is 11.4 Å². The van der Waals surface area contributed by atoms with E-state index in [-0.39, 0.29) is 11.8 Å². The van der Waals surface area contributed by atoms with E-state index >= 15 is 0 Å². The van der Waals surface area contributed by atoms with Crippen LogP contribution in [0.1, 0.15) is 33.3 Å². The van der Waals surface area contributed by atoms with Crippen LogP contribution >= 0.6 is 0 Å². The maximum Gasteiger partial charge on any atom is 0.253 e. The number of aromatic nitrogens is 2. The van der Waals surface area contributed by atoms with Crippen LogP contribution in [0, 0.1) is 6.92 Å². The van der Waals surface area contributed by atoms with Crippen LogP contribution in [0.4, 0.5) is 0 Å². The Morgan fingerprint density at radius 1 is 1.17 bits per heavy atom. The molecule has 1 unspecified atom stereocenters. The third-order valence-electron chi connectivity index (χ3n) is 4.39. The van der Waals surface area contributed by atoms with Crippen LogP contribution in [0.15, 0.2) is 53.1 Å². The van der Waals surface area contributed by atoms with Crippen LogP contribution in [0.2, 0.25) is 0 Å². The first-order chi connectivity index (χ1) is 11.6. The predicted molar refractivity (Wildman–Crippen MR) is 89.7 cm³/mol. The fourth-order valence-corrected chi connectivity index (χ4v) is 3.15. The molecule has 5 heteroatoms. The topological polar surface area (TPSA) is 59.2 Å². The highest BCUT2D eigenvalue weighted by Gasteiger charge is 2.33. The summed E-state index contributed by atoms with van der Waals surface area (Å²) in [6, 6.07) is 15.6. The van der Waals surface area contributed by atoms with Crippen molar-refractivity contribution < 1.29 is 9.32 Å². The SMILES string of the molecule is Cc1cccc(-c2noc(C3CN(C)C(=O)c4ccccc43)n2)c1. The standard InChI is InChI=1S/C19H17N3O2/c1-12-6-5-7-13(10-12)17-20-18(24-21-17)16-11-22(2)19(23)15-9-4-3-8-14(15)16/h3-10,16H,11H2,1-2H3. The highest BCUT2D eigenvalue weighted by molar-refractivity contribution is 5.97. The predicted octanol–water partition coefficient (Wildman–Crippen LogP) is 3.26. The second-order valence-electron chi connectivity index (χ2n) is 6.15. The highest BCUT2D eigenvalue weighted by atomic mass is 16.5. The number of nitrogens with zero attached hydrogens (tertiary/aromatic N) is 3. The minimum atomic E-state index is -0.102. The first kappa shape index (κ1) is 14.6. The number of aryl methyl sites for hydroxylation is 1. The average Bonchev–Trinajstić information content (AvgIpc) is 3.08. The Balaban J connectivity index is 1.75. The van der Waals surface area contributed by atoms with E-state index in [9.17, 15) is 4.79 Å². The Labute approximate surface area is 139 Å².